The second-order valence-corrected chi connectivity index (χ2v) is 8.63. The fourth-order valence-electron chi connectivity index (χ4n) is 4.66. The number of carbonyl (C=O) groups excluding carboxylic acids is 1. The number of amides is 1. The molecule has 2 fully saturated rings. The number of anilines is 1. The molecule has 1 N–H and O–H groups in total. The average Bonchev–Trinajstić information content (AvgIpc) is 3.23. The van der Waals surface area contributed by atoms with Gasteiger partial charge in [-0.2, -0.15) is 5.26 Å². The van der Waals surface area contributed by atoms with Crippen LogP contribution in [0.4, 0.5) is 5.82 Å². The van der Waals surface area contributed by atoms with Crippen molar-refractivity contribution < 1.29 is 4.79 Å². The van der Waals surface area contributed by atoms with Crippen molar-refractivity contribution in [2.24, 2.45) is 5.92 Å². The Morgan fingerprint density at radius 2 is 1.94 bits per heavy atom. The largest absolute Gasteiger partial charge is 0.355 e. The molecule has 1 aromatic carbocycles. The first-order valence-electron chi connectivity index (χ1n) is 10.8. The first kappa shape index (κ1) is 21.5. The summed E-state index contributed by atoms with van der Waals surface area (Å²) in [7, 11) is 0. The number of hydrogen-bond donors (Lipinski definition) is 1. The van der Waals surface area contributed by atoms with Gasteiger partial charge in [-0.05, 0) is 37.1 Å². The van der Waals surface area contributed by atoms with Gasteiger partial charge in [0.05, 0.1) is 12.4 Å². The number of nitrogens with zero attached hydrogens (tertiary/aromatic N) is 5. The minimum atomic E-state index is 0.0360. The third-order valence-corrected chi connectivity index (χ3v) is 6.57. The molecule has 162 valence electrons. The van der Waals surface area contributed by atoms with Gasteiger partial charge in [-0.15, -0.1) is 0 Å². The van der Waals surface area contributed by atoms with Crippen LogP contribution in [0.15, 0.2) is 36.7 Å². The van der Waals surface area contributed by atoms with Gasteiger partial charge in [-0.1, -0.05) is 30.7 Å². The van der Waals surface area contributed by atoms with E-state index in [2.05, 4.69) is 39.2 Å². The number of piperidine rings is 1. The van der Waals surface area contributed by atoms with E-state index in [1.165, 1.54) is 11.8 Å². The Morgan fingerprint density at radius 3 is 2.55 bits per heavy atom. The van der Waals surface area contributed by atoms with Crippen LogP contribution in [0.5, 0.6) is 0 Å². The monoisotopic (exact) mass is 438 g/mol. The fourth-order valence-corrected chi connectivity index (χ4v) is 4.78. The Kier molecular flexibility index (Phi) is 6.69. The topological polar surface area (TPSA) is 85.2 Å². The van der Waals surface area contributed by atoms with E-state index in [9.17, 15) is 4.79 Å². The van der Waals surface area contributed by atoms with Gasteiger partial charge in [0.15, 0.2) is 5.69 Å². The van der Waals surface area contributed by atoms with E-state index in [-0.39, 0.29) is 23.8 Å². The van der Waals surface area contributed by atoms with Crippen LogP contribution in [0.3, 0.4) is 0 Å². The molecule has 0 aliphatic carbocycles. The number of aromatic nitrogens is 2. The summed E-state index contributed by atoms with van der Waals surface area (Å²) >= 11 is 6.06. The van der Waals surface area contributed by atoms with E-state index in [1.807, 2.05) is 23.1 Å². The summed E-state index contributed by atoms with van der Waals surface area (Å²) in [5, 5.41) is 13.2. The summed E-state index contributed by atoms with van der Waals surface area (Å²) in [5.74, 6) is 1.33. The van der Waals surface area contributed by atoms with Crippen LogP contribution >= 0.6 is 11.6 Å². The summed E-state index contributed by atoms with van der Waals surface area (Å²) < 4.78 is 0. The molecule has 2 saturated heterocycles. The molecule has 2 aromatic rings. The minimum Gasteiger partial charge on any atom is -0.355 e. The number of likely N-dealkylation sites (N-methyl/N-ethyl adjacent to an activating group) is 1. The Labute approximate surface area is 188 Å². The van der Waals surface area contributed by atoms with Crippen molar-refractivity contribution in [1.29, 1.82) is 5.26 Å². The molecule has 1 amide bonds. The molecular weight excluding hydrogens is 412 g/mol. The number of nitrogens with one attached hydrogen (secondary N) is 1. The second kappa shape index (κ2) is 9.63. The highest BCUT2D eigenvalue weighted by Crippen LogP contribution is 2.31. The molecule has 2 aliphatic rings. The first-order chi connectivity index (χ1) is 15.1. The Morgan fingerprint density at radius 1 is 1.19 bits per heavy atom. The van der Waals surface area contributed by atoms with Gasteiger partial charge in [0, 0.05) is 49.1 Å². The van der Waals surface area contributed by atoms with Crippen LogP contribution in [0, 0.1) is 17.2 Å². The molecule has 31 heavy (non-hydrogen) atoms. The predicted octanol–water partition coefficient (Wildman–Crippen LogP) is 2.82. The van der Waals surface area contributed by atoms with Crippen molar-refractivity contribution in [3.63, 3.8) is 0 Å². The maximum atomic E-state index is 13.3. The van der Waals surface area contributed by atoms with Crippen LogP contribution in [0.1, 0.15) is 36.9 Å². The van der Waals surface area contributed by atoms with Crippen molar-refractivity contribution in [2.45, 2.75) is 31.7 Å². The Hall–Kier alpha value is -2.69. The van der Waals surface area contributed by atoms with E-state index >= 15 is 0 Å². The number of rotatable bonds is 5. The molecule has 8 heteroatoms. The average molecular weight is 439 g/mol. The molecule has 2 aliphatic heterocycles. The molecule has 3 heterocycles. The molecule has 4 rings (SSSR count). The number of likely N-dealkylation sites (tertiary alicyclic amines) is 1. The molecule has 0 radical (unpaired) electrons. The van der Waals surface area contributed by atoms with E-state index in [1.54, 1.807) is 6.20 Å². The van der Waals surface area contributed by atoms with Crippen LogP contribution < -0.4 is 10.2 Å². The SMILES string of the molecule is CCN[C@H]1CN(C(=O)C2CCN(c3cnc(C#N)cn3)CC2)C[C@@H]1c1ccc(Cl)cc1. The summed E-state index contributed by atoms with van der Waals surface area (Å²) in [6.45, 7) is 5.98. The zero-order valence-corrected chi connectivity index (χ0v) is 18.4. The summed E-state index contributed by atoms with van der Waals surface area (Å²) in [6, 6.07) is 10.2. The quantitative estimate of drug-likeness (QED) is 0.772. The fraction of sp³-hybridized carbons (Fsp3) is 0.478. The minimum absolute atomic E-state index is 0.0360. The van der Waals surface area contributed by atoms with Gasteiger partial charge in [-0.3, -0.25) is 4.79 Å². The lowest BCUT2D eigenvalue weighted by Gasteiger charge is -2.33. The second-order valence-electron chi connectivity index (χ2n) is 8.20. The van der Waals surface area contributed by atoms with Crippen molar-refractivity contribution in [3.05, 3.63) is 52.9 Å². The van der Waals surface area contributed by atoms with Crippen LogP contribution in [0.2, 0.25) is 5.02 Å². The molecule has 0 bridgehead atoms. The number of halogens is 1. The molecular formula is C23H27ClN6O. The van der Waals surface area contributed by atoms with Gasteiger partial charge >= 0.3 is 0 Å². The van der Waals surface area contributed by atoms with E-state index in [4.69, 9.17) is 16.9 Å². The van der Waals surface area contributed by atoms with Crippen LogP contribution in [0.25, 0.3) is 0 Å². The van der Waals surface area contributed by atoms with Crippen LogP contribution in [-0.4, -0.2) is 59.5 Å². The zero-order chi connectivity index (χ0) is 21.8. The van der Waals surface area contributed by atoms with Gasteiger partial charge in [0.1, 0.15) is 11.9 Å². The summed E-state index contributed by atoms with van der Waals surface area (Å²) in [6.07, 6.45) is 4.73. The van der Waals surface area contributed by atoms with E-state index in [0.717, 1.165) is 56.4 Å². The maximum absolute atomic E-state index is 13.3. The van der Waals surface area contributed by atoms with Crippen molar-refractivity contribution in [2.75, 3.05) is 37.6 Å². The highest BCUT2D eigenvalue weighted by molar-refractivity contribution is 6.30. The lowest BCUT2D eigenvalue weighted by molar-refractivity contribution is -0.135. The smallest absolute Gasteiger partial charge is 0.225 e. The predicted molar refractivity (Wildman–Crippen MR) is 120 cm³/mol. The summed E-state index contributed by atoms with van der Waals surface area (Å²) in [4.78, 5) is 25.9. The van der Waals surface area contributed by atoms with Gasteiger partial charge < -0.3 is 15.1 Å². The highest BCUT2D eigenvalue weighted by atomic mass is 35.5. The highest BCUT2D eigenvalue weighted by Gasteiger charge is 2.38. The number of benzene rings is 1. The molecule has 0 saturated carbocycles. The standard InChI is InChI=1S/C23H27ClN6O/c1-2-26-21-15-30(14-20(21)16-3-5-18(24)6-4-16)23(31)17-7-9-29(10-8-17)22-13-27-19(11-25)12-28-22/h3-6,12-13,17,20-21,26H,2,7-10,14-15H2,1H3/t20-,21+/m1/s1. The number of nitriles is 1. The Balaban J connectivity index is 1.38. The third kappa shape index (κ3) is 4.81. The molecule has 1 aromatic heterocycles. The van der Waals surface area contributed by atoms with Crippen molar-refractivity contribution in [1.82, 2.24) is 20.2 Å². The molecule has 2 atom stereocenters. The van der Waals surface area contributed by atoms with Crippen molar-refractivity contribution >= 4 is 23.3 Å². The summed E-state index contributed by atoms with van der Waals surface area (Å²) in [5.41, 5.74) is 1.54. The Bertz CT molecular complexity index is 934. The first-order valence-corrected chi connectivity index (χ1v) is 11.2. The van der Waals surface area contributed by atoms with E-state index < -0.39 is 0 Å². The van der Waals surface area contributed by atoms with Gasteiger partial charge in [0.25, 0.3) is 0 Å². The van der Waals surface area contributed by atoms with Crippen molar-refractivity contribution in [3.8, 4) is 6.07 Å². The molecule has 0 spiro atoms. The normalized spacial score (nSPS) is 21.8. The maximum Gasteiger partial charge on any atom is 0.225 e. The zero-order valence-electron chi connectivity index (χ0n) is 17.7. The van der Waals surface area contributed by atoms with E-state index in [0.29, 0.717) is 5.69 Å². The third-order valence-electron chi connectivity index (χ3n) is 6.32. The number of carbonyl (C=O) groups is 1. The molecule has 7 nitrogen and oxygen atoms in total. The van der Waals surface area contributed by atoms with Gasteiger partial charge in [-0.25, -0.2) is 9.97 Å². The van der Waals surface area contributed by atoms with Crippen LogP contribution in [-0.2, 0) is 4.79 Å². The molecule has 0 unspecified atom stereocenters. The lowest BCUT2D eigenvalue weighted by Crippen LogP contribution is -2.43. The number of hydrogen-bond acceptors (Lipinski definition) is 6. The lowest BCUT2D eigenvalue weighted by atomic mass is 9.94. The van der Waals surface area contributed by atoms with Gasteiger partial charge in [0.2, 0.25) is 5.91 Å².